The maximum absolute atomic E-state index is 10.6. The Balaban J connectivity index is 3.12. The Kier molecular flexibility index (Phi) is 5.73. The predicted molar refractivity (Wildman–Crippen MR) is 44.6 cm³/mol. The summed E-state index contributed by atoms with van der Waals surface area (Å²) in [7, 11) is 0. The van der Waals surface area contributed by atoms with E-state index in [0.29, 0.717) is 18.8 Å². The zero-order chi connectivity index (χ0) is 7.98. The molecule has 0 rings (SSSR count). The van der Waals surface area contributed by atoms with Crippen molar-refractivity contribution in [1.82, 2.24) is 0 Å². The molecule has 2 nitrogen and oxygen atoms in total. The number of carbonyl (C=O) groups excluding carboxylic acids is 1. The normalized spacial score (nSPS) is 10.4. The first-order valence-electron chi connectivity index (χ1n) is 3.41. The number of thiol groups is 1. The summed E-state index contributed by atoms with van der Waals surface area (Å²) < 4.78 is 5.16. The second-order valence-electron chi connectivity index (χ2n) is 2.37. The highest BCUT2D eigenvalue weighted by atomic mass is 32.1. The fourth-order valence-corrected chi connectivity index (χ4v) is 0.646. The van der Waals surface area contributed by atoms with E-state index in [1.807, 2.05) is 13.8 Å². The molecule has 0 aliphatic carbocycles. The topological polar surface area (TPSA) is 26.3 Å². The minimum absolute atomic E-state index is 0.143. The van der Waals surface area contributed by atoms with Gasteiger partial charge in [0.05, 0.1) is 12.7 Å². The van der Waals surface area contributed by atoms with E-state index in [1.165, 1.54) is 0 Å². The van der Waals surface area contributed by atoms with Gasteiger partial charge in [0.1, 0.15) is 5.78 Å². The Morgan fingerprint density at radius 3 is 2.60 bits per heavy atom. The summed E-state index contributed by atoms with van der Waals surface area (Å²) >= 11 is 3.84. The Morgan fingerprint density at radius 1 is 1.60 bits per heavy atom. The molecular formula is C7H14O2S. The van der Waals surface area contributed by atoms with Crippen LogP contribution in [-0.2, 0) is 9.53 Å². The van der Waals surface area contributed by atoms with Crippen LogP contribution in [0, 0.1) is 0 Å². The van der Waals surface area contributed by atoms with Gasteiger partial charge in [-0.3, -0.25) is 4.79 Å². The zero-order valence-electron chi connectivity index (χ0n) is 6.46. The Labute approximate surface area is 67.4 Å². The fourth-order valence-electron chi connectivity index (χ4n) is 0.488. The van der Waals surface area contributed by atoms with Gasteiger partial charge in [0, 0.05) is 12.2 Å². The third kappa shape index (κ3) is 6.11. The lowest BCUT2D eigenvalue weighted by Crippen LogP contribution is -2.09. The average molecular weight is 162 g/mol. The van der Waals surface area contributed by atoms with Gasteiger partial charge in [-0.05, 0) is 13.8 Å². The quantitative estimate of drug-likeness (QED) is 0.617. The van der Waals surface area contributed by atoms with Gasteiger partial charge in [0.25, 0.3) is 0 Å². The number of hydrogen-bond acceptors (Lipinski definition) is 3. The van der Waals surface area contributed by atoms with E-state index >= 15 is 0 Å². The van der Waals surface area contributed by atoms with Crippen molar-refractivity contribution in [2.24, 2.45) is 0 Å². The molecular weight excluding hydrogens is 148 g/mol. The van der Waals surface area contributed by atoms with E-state index in [-0.39, 0.29) is 11.9 Å². The third-order valence-corrected chi connectivity index (χ3v) is 1.36. The first-order chi connectivity index (χ1) is 4.66. The van der Waals surface area contributed by atoms with E-state index in [1.54, 1.807) is 0 Å². The van der Waals surface area contributed by atoms with Crippen LogP contribution in [-0.4, -0.2) is 24.2 Å². The Bertz CT molecular complexity index is 102. The molecule has 0 heterocycles. The van der Waals surface area contributed by atoms with E-state index in [2.05, 4.69) is 12.6 Å². The summed E-state index contributed by atoms with van der Waals surface area (Å²) in [4.78, 5) is 10.6. The molecule has 0 aromatic heterocycles. The molecule has 0 aromatic carbocycles. The lowest BCUT2D eigenvalue weighted by molar-refractivity contribution is -0.117. The van der Waals surface area contributed by atoms with Gasteiger partial charge < -0.3 is 4.74 Å². The Morgan fingerprint density at radius 2 is 2.20 bits per heavy atom. The van der Waals surface area contributed by atoms with Crippen molar-refractivity contribution in [1.29, 1.82) is 0 Å². The van der Waals surface area contributed by atoms with E-state index in [9.17, 15) is 4.79 Å². The van der Waals surface area contributed by atoms with Gasteiger partial charge in [-0.25, -0.2) is 0 Å². The highest BCUT2D eigenvalue weighted by molar-refractivity contribution is 7.81. The molecule has 0 radical (unpaired) electrons. The van der Waals surface area contributed by atoms with Crippen molar-refractivity contribution >= 4 is 18.4 Å². The molecule has 0 amide bonds. The minimum atomic E-state index is 0.143. The molecule has 0 spiro atoms. The number of Topliss-reactive ketones (excluding diaryl/α,β-unsaturated/α-hetero) is 1. The highest BCUT2D eigenvalue weighted by Gasteiger charge is 1.98. The van der Waals surface area contributed by atoms with Crippen molar-refractivity contribution in [3.05, 3.63) is 0 Å². The molecule has 10 heavy (non-hydrogen) atoms. The van der Waals surface area contributed by atoms with E-state index < -0.39 is 0 Å². The summed E-state index contributed by atoms with van der Waals surface area (Å²) in [5, 5.41) is 0. The summed E-state index contributed by atoms with van der Waals surface area (Å²) in [5.74, 6) is 0.463. The average Bonchev–Trinajstić information content (AvgIpc) is 1.87. The van der Waals surface area contributed by atoms with Crippen LogP contribution >= 0.6 is 12.6 Å². The largest absolute Gasteiger partial charge is 0.378 e. The van der Waals surface area contributed by atoms with Gasteiger partial charge >= 0.3 is 0 Å². The molecule has 0 atom stereocenters. The van der Waals surface area contributed by atoms with E-state index in [0.717, 1.165) is 0 Å². The summed E-state index contributed by atoms with van der Waals surface area (Å²) in [6.07, 6.45) is 0.703. The smallest absolute Gasteiger partial charge is 0.144 e. The van der Waals surface area contributed by atoms with Gasteiger partial charge in [0.15, 0.2) is 0 Å². The van der Waals surface area contributed by atoms with Crippen LogP contribution in [0.4, 0.5) is 0 Å². The third-order valence-electron chi connectivity index (χ3n) is 1.01. The second-order valence-corrected chi connectivity index (χ2v) is 2.68. The monoisotopic (exact) mass is 162 g/mol. The minimum Gasteiger partial charge on any atom is -0.378 e. The Hall–Kier alpha value is -0.0200. The molecule has 0 aliphatic rings. The molecule has 0 aliphatic heterocycles. The van der Waals surface area contributed by atoms with Gasteiger partial charge in [-0.2, -0.15) is 12.6 Å². The first kappa shape index (κ1) is 9.98. The molecule has 0 unspecified atom stereocenters. The van der Waals surface area contributed by atoms with Crippen LogP contribution in [0.25, 0.3) is 0 Å². The van der Waals surface area contributed by atoms with E-state index in [4.69, 9.17) is 4.74 Å². The second kappa shape index (κ2) is 5.74. The number of hydrogen-bond donors (Lipinski definition) is 1. The molecule has 0 bridgehead atoms. The van der Waals surface area contributed by atoms with Gasteiger partial charge in [-0.15, -0.1) is 0 Å². The van der Waals surface area contributed by atoms with Crippen LogP contribution in [0.1, 0.15) is 20.3 Å². The summed E-state index contributed by atoms with van der Waals surface area (Å²) in [6.45, 7) is 4.42. The summed E-state index contributed by atoms with van der Waals surface area (Å²) in [6, 6.07) is 0. The van der Waals surface area contributed by atoms with Crippen LogP contribution in [0.15, 0.2) is 0 Å². The van der Waals surface area contributed by atoms with Crippen LogP contribution in [0.3, 0.4) is 0 Å². The molecule has 0 aromatic rings. The number of ether oxygens (including phenoxy) is 1. The number of rotatable bonds is 5. The number of ketones is 1. The molecule has 60 valence electrons. The number of carbonyl (C=O) groups is 1. The van der Waals surface area contributed by atoms with Gasteiger partial charge in [-0.1, -0.05) is 0 Å². The molecule has 0 saturated carbocycles. The highest BCUT2D eigenvalue weighted by Crippen LogP contribution is 1.92. The van der Waals surface area contributed by atoms with Crippen molar-refractivity contribution in [2.45, 2.75) is 26.4 Å². The van der Waals surface area contributed by atoms with Crippen molar-refractivity contribution in [2.75, 3.05) is 12.4 Å². The predicted octanol–water partition coefficient (Wildman–Crippen LogP) is 1.30. The zero-order valence-corrected chi connectivity index (χ0v) is 7.36. The van der Waals surface area contributed by atoms with Crippen molar-refractivity contribution in [3.63, 3.8) is 0 Å². The molecule has 0 fully saturated rings. The lowest BCUT2D eigenvalue weighted by atomic mass is 10.3. The maximum atomic E-state index is 10.6. The van der Waals surface area contributed by atoms with Crippen LogP contribution < -0.4 is 0 Å². The standard InChI is InChI=1S/C7H14O2S/c1-6(2)9-4-3-7(8)5-10/h6,10H,3-5H2,1-2H3. The lowest BCUT2D eigenvalue weighted by Gasteiger charge is -2.04. The first-order valence-corrected chi connectivity index (χ1v) is 4.04. The van der Waals surface area contributed by atoms with Crippen molar-refractivity contribution in [3.8, 4) is 0 Å². The fraction of sp³-hybridized carbons (Fsp3) is 0.857. The van der Waals surface area contributed by atoms with Crippen LogP contribution in [0.2, 0.25) is 0 Å². The summed E-state index contributed by atoms with van der Waals surface area (Å²) in [5.41, 5.74) is 0. The molecule has 3 heteroatoms. The SMILES string of the molecule is CC(C)OCCC(=O)CS. The maximum Gasteiger partial charge on any atom is 0.144 e. The molecule has 0 N–H and O–H groups in total. The van der Waals surface area contributed by atoms with Crippen molar-refractivity contribution < 1.29 is 9.53 Å². The molecule has 0 saturated heterocycles. The van der Waals surface area contributed by atoms with Crippen LogP contribution in [0.5, 0.6) is 0 Å². The van der Waals surface area contributed by atoms with Gasteiger partial charge in [0.2, 0.25) is 0 Å².